The van der Waals surface area contributed by atoms with Crippen molar-refractivity contribution < 1.29 is 0 Å². The Hall–Kier alpha value is -1.74. The van der Waals surface area contributed by atoms with Crippen molar-refractivity contribution >= 4 is 46.5 Å². The molecule has 0 N–H and O–H groups in total. The number of allylic oxidation sites excluding steroid dienone is 1. The van der Waals surface area contributed by atoms with Crippen LogP contribution in [0.2, 0.25) is 15.1 Å². The smallest absolute Gasteiger partial charge is 0.117 e. The number of hydrogen-bond acceptors (Lipinski definition) is 1. The summed E-state index contributed by atoms with van der Waals surface area (Å²) in [5.74, 6) is 0. The second-order valence-electron chi connectivity index (χ2n) is 6.02. The standard InChI is InChI=1S/C20H14Cl3N2/c21-16-6-4-13(5-7-16)10-14-2-1-3-15-12-24-25(20(14)15)19-9-8-17(22)11-18(19)23/h4-11H,1-3H2. The maximum atomic E-state index is 6.40. The number of aromatic nitrogens is 2. The molecule has 2 nitrogen and oxygen atoms in total. The molecule has 0 bridgehead atoms. The molecule has 2 aromatic carbocycles. The molecule has 1 aliphatic carbocycles. The highest BCUT2D eigenvalue weighted by atomic mass is 35.5. The van der Waals surface area contributed by atoms with Crippen LogP contribution in [0.15, 0.2) is 42.5 Å². The van der Waals surface area contributed by atoms with Crippen LogP contribution in [0.5, 0.6) is 0 Å². The van der Waals surface area contributed by atoms with Gasteiger partial charge in [-0.3, -0.25) is 0 Å². The van der Waals surface area contributed by atoms with Crippen molar-refractivity contribution in [1.82, 2.24) is 9.78 Å². The molecule has 125 valence electrons. The summed E-state index contributed by atoms with van der Waals surface area (Å²) in [5.41, 5.74) is 5.35. The van der Waals surface area contributed by atoms with E-state index in [1.165, 1.54) is 5.57 Å². The number of rotatable bonds is 2. The third kappa shape index (κ3) is 3.35. The van der Waals surface area contributed by atoms with Gasteiger partial charge in [0.05, 0.1) is 16.4 Å². The average Bonchev–Trinajstić information content (AvgIpc) is 3.02. The highest BCUT2D eigenvalue weighted by molar-refractivity contribution is 6.35. The van der Waals surface area contributed by atoms with Crippen LogP contribution in [0.3, 0.4) is 0 Å². The normalized spacial score (nSPS) is 15.4. The second-order valence-corrected chi connectivity index (χ2v) is 7.30. The first kappa shape index (κ1) is 16.7. The zero-order valence-electron chi connectivity index (χ0n) is 13.3. The molecule has 0 saturated heterocycles. The lowest BCUT2D eigenvalue weighted by molar-refractivity contribution is 0.796. The largest absolute Gasteiger partial charge is 0.231 e. The minimum Gasteiger partial charge on any atom is -0.231 e. The van der Waals surface area contributed by atoms with E-state index in [1.807, 2.05) is 41.1 Å². The molecule has 1 radical (unpaired) electrons. The zero-order valence-corrected chi connectivity index (χ0v) is 15.5. The molecule has 1 aliphatic rings. The summed E-state index contributed by atoms with van der Waals surface area (Å²) in [4.78, 5) is 0. The van der Waals surface area contributed by atoms with E-state index in [-0.39, 0.29) is 0 Å². The van der Waals surface area contributed by atoms with Gasteiger partial charge in [0.25, 0.3) is 0 Å². The number of hydrogen-bond donors (Lipinski definition) is 0. The molecule has 0 amide bonds. The fraction of sp³-hybridized carbons (Fsp3) is 0.150. The van der Waals surface area contributed by atoms with Gasteiger partial charge in [0.1, 0.15) is 6.20 Å². The fourth-order valence-corrected chi connectivity index (χ4v) is 3.76. The van der Waals surface area contributed by atoms with Crippen molar-refractivity contribution in [2.24, 2.45) is 0 Å². The van der Waals surface area contributed by atoms with Gasteiger partial charge in [-0.2, -0.15) is 5.10 Å². The average molecular weight is 389 g/mol. The molecule has 0 saturated carbocycles. The minimum absolute atomic E-state index is 0.572. The molecule has 1 heterocycles. The van der Waals surface area contributed by atoms with Crippen LogP contribution in [0, 0.1) is 6.20 Å². The Morgan fingerprint density at radius 1 is 0.960 bits per heavy atom. The number of benzene rings is 2. The van der Waals surface area contributed by atoms with E-state index in [9.17, 15) is 0 Å². The molecule has 3 aromatic rings. The van der Waals surface area contributed by atoms with Crippen LogP contribution in [0.4, 0.5) is 0 Å². The van der Waals surface area contributed by atoms with Crippen molar-refractivity contribution in [1.29, 1.82) is 0 Å². The van der Waals surface area contributed by atoms with Gasteiger partial charge in [-0.25, -0.2) is 4.68 Å². The number of fused-ring (bicyclic) bond motifs is 1. The summed E-state index contributed by atoms with van der Waals surface area (Å²) in [6.45, 7) is 0. The van der Waals surface area contributed by atoms with E-state index < -0.39 is 0 Å². The van der Waals surface area contributed by atoms with E-state index in [4.69, 9.17) is 34.8 Å². The van der Waals surface area contributed by atoms with Crippen molar-refractivity contribution in [3.8, 4) is 5.69 Å². The highest BCUT2D eigenvalue weighted by Gasteiger charge is 2.22. The van der Waals surface area contributed by atoms with Crippen LogP contribution < -0.4 is 0 Å². The molecule has 0 atom stereocenters. The summed E-state index contributed by atoms with van der Waals surface area (Å²) in [6.07, 6.45) is 8.38. The van der Waals surface area contributed by atoms with Crippen molar-refractivity contribution in [2.75, 3.05) is 0 Å². The quantitative estimate of drug-likeness (QED) is 0.489. The van der Waals surface area contributed by atoms with Crippen LogP contribution in [0.1, 0.15) is 29.7 Å². The predicted octanol–water partition coefficient (Wildman–Crippen LogP) is 6.51. The number of aryl methyl sites for hydroxylation is 1. The van der Waals surface area contributed by atoms with Gasteiger partial charge in [0.15, 0.2) is 0 Å². The Labute approximate surface area is 161 Å². The van der Waals surface area contributed by atoms with E-state index >= 15 is 0 Å². The van der Waals surface area contributed by atoms with Gasteiger partial charge in [-0.1, -0.05) is 46.9 Å². The summed E-state index contributed by atoms with van der Waals surface area (Å²) in [7, 11) is 0. The van der Waals surface area contributed by atoms with Crippen LogP contribution in [-0.2, 0) is 6.42 Å². The lowest BCUT2D eigenvalue weighted by Gasteiger charge is -2.18. The van der Waals surface area contributed by atoms with Gasteiger partial charge in [0.2, 0.25) is 0 Å². The summed E-state index contributed by atoms with van der Waals surface area (Å²) in [6, 6.07) is 13.3. The third-order valence-corrected chi connectivity index (χ3v) is 5.10. The summed E-state index contributed by atoms with van der Waals surface area (Å²) in [5, 5.41) is 6.38. The monoisotopic (exact) mass is 387 g/mol. The molecular formula is C20H14Cl3N2. The summed E-state index contributed by atoms with van der Waals surface area (Å²) >= 11 is 18.4. The van der Waals surface area contributed by atoms with E-state index in [2.05, 4.69) is 17.4 Å². The van der Waals surface area contributed by atoms with Crippen molar-refractivity contribution in [2.45, 2.75) is 19.3 Å². The first-order chi connectivity index (χ1) is 12.1. The number of halogens is 3. The molecule has 0 spiro atoms. The maximum absolute atomic E-state index is 6.40. The lowest BCUT2D eigenvalue weighted by Crippen LogP contribution is -2.07. The molecular weight excluding hydrogens is 375 g/mol. The zero-order chi connectivity index (χ0) is 17.4. The minimum atomic E-state index is 0.572. The Kier molecular flexibility index (Phi) is 4.60. The molecule has 25 heavy (non-hydrogen) atoms. The van der Waals surface area contributed by atoms with Crippen LogP contribution in [0.25, 0.3) is 17.3 Å². The molecule has 4 rings (SSSR count). The second kappa shape index (κ2) is 6.87. The Morgan fingerprint density at radius 2 is 1.72 bits per heavy atom. The highest BCUT2D eigenvalue weighted by Crippen LogP contribution is 2.35. The van der Waals surface area contributed by atoms with Gasteiger partial charge in [-0.15, -0.1) is 0 Å². The predicted molar refractivity (Wildman–Crippen MR) is 105 cm³/mol. The van der Waals surface area contributed by atoms with E-state index in [0.717, 1.165) is 46.8 Å². The van der Waals surface area contributed by atoms with Crippen LogP contribution in [-0.4, -0.2) is 9.78 Å². The topological polar surface area (TPSA) is 17.8 Å². The van der Waals surface area contributed by atoms with Crippen molar-refractivity contribution in [3.05, 3.63) is 80.6 Å². The lowest BCUT2D eigenvalue weighted by atomic mass is 9.91. The maximum Gasteiger partial charge on any atom is 0.117 e. The molecule has 5 heteroatoms. The molecule has 1 aromatic heterocycles. The first-order valence-corrected chi connectivity index (χ1v) is 9.17. The first-order valence-electron chi connectivity index (χ1n) is 8.03. The van der Waals surface area contributed by atoms with Gasteiger partial charge in [-0.05, 0) is 66.8 Å². The van der Waals surface area contributed by atoms with E-state index in [0.29, 0.717) is 10.0 Å². The molecule has 0 aliphatic heterocycles. The van der Waals surface area contributed by atoms with Crippen molar-refractivity contribution in [3.63, 3.8) is 0 Å². The van der Waals surface area contributed by atoms with E-state index in [1.54, 1.807) is 6.07 Å². The fourth-order valence-electron chi connectivity index (χ4n) is 3.15. The molecule has 0 fully saturated rings. The van der Waals surface area contributed by atoms with Gasteiger partial charge >= 0.3 is 0 Å². The summed E-state index contributed by atoms with van der Waals surface area (Å²) < 4.78 is 1.87. The SMILES string of the molecule is Clc1ccc(C=C2CCCc3[c]nn(-c4ccc(Cl)cc4Cl)c32)cc1. The van der Waals surface area contributed by atoms with Gasteiger partial charge in [0, 0.05) is 15.6 Å². The van der Waals surface area contributed by atoms with Gasteiger partial charge < -0.3 is 0 Å². The van der Waals surface area contributed by atoms with Crippen LogP contribution >= 0.6 is 34.8 Å². The molecule has 0 unspecified atom stereocenters. The third-order valence-electron chi connectivity index (χ3n) is 4.31. The Morgan fingerprint density at radius 3 is 2.48 bits per heavy atom. The number of nitrogens with zero attached hydrogens (tertiary/aromatic N) is 2. The Balaban J connectivity index is 1.83. The Bertz CT molecular complexity index is 956.